The normalized spacial score (nSPS) is 12.9. The van der Waals surface area contributed by atoms with E-state index in [0.29, 0.717) is 18.9 Å². The highest BCUT2D eigenvalue weighted by Gasteiger charge is 2.18. The molecule has 1 heterocycles. The van der Waals surface area contributed by atoms with Crippen LogP contribution in [0.5, 0.6) is 0 Å². The van der Waals surface area contributed by atoms with Gasteiger partial charge < -0.3 is 5.11 Å². The molecule has 0 aliphatic heterocycles. The standard InChI is InChI=1S/C12H21N3O2/c1-4-15-10(5-6-14-15)8-13-11(12(16)17)7-9(2)3/h5-6,9,11,13H,4,7-8H2,1-3H3,(H,16,17). The third-order valence-corrected chi connectivity index (χ3v) is 2.64. The van der Waals surface area contributed by atoms with Crippen LogP contribution in [0.1, 0.15) is 32.9 Å². The van der Waals surface area contributed by atoms with Crippen molar-refractivity contribution in [1.29, 1.82) is 0 Å². The highest BCUT2D eigenvalue weighted by atomic mass is 16.4. The molecule has 1 rings (SSSR count). The molecule has 1 aromatic rings. The summed E-state index contributed by atoms with van der Waals surface area (Å²) in [6.45, 7) is 7.39. The minimum atomic E-state index is -0.790. The quantitative estimate of drug-likeness (QED) is 0.756. The fraction of sp³-hybridized carbons (Fsp3) is 0.667. The first-order chi connectivity index (χ1) is 8.04. The molecule has 0 radical (unpaired) electrons. The molecule has 0 saturated heterocycles. The van der Waals surface area contributed by atoms with Crippen LogP contribution in [0, 0.1) is 5.92 Å². The number of nitrogens with one attached hydrogen (secondary N) is 1. The van der Waals surface area contributed by atoms with E-state index in [1.165, 1.54) is 0 Å². The highest BCUT2D eigenvalue weighted by molar-refractivity contribution is 5.73. The van der Waals surface area contributed by atoms with E-state index in [-0.39, 0.29) is 0 Å². The van der Waals surface area contributed by atoms with Crippen LogP contribution < -0.4 is 5.32 Å². The highest BCUT2D eigenvalue weighted by Crippen LogP contribution is 2.06. The number of hydrogen-bond donors (Lipinski definition) is 2. The smallest absolute Gasteiger partial charge is 0.320 e. The van der Waals surface area contributed by atoms with Crippen molar-refractivity contribution in [3.63, 3.8) is 0 Å². The fourth-order valence-corrected chi connectivity index (χ4v) is 1.77. The Morgan fingerprint density at radius 1 is 1.59 bits per heavy atom. The molecule has 0 aromatic carbocycles. The second-order valence-electron chi connectivity index (χ2n) is 4.54. The van der Waals surface area contributed by atoms with Gasteiger partial charge in [0, 0.05) is 19.3 Å². The van der Waals surface area contributed by atoms with Crippen LogP contribution in [0.3, 0.4) is 0 Å². The molecule has 0 saturated carbocycles. The molecular formula is C12H21N3O2. The van der Waals surface area contributed by atoms with Crippen molar-refractivity contribution in [2.24, 2.45) is 5.92 Å². The minimum absolute atomic E-state index is 0.361. The third-order valence-electron chi connectivity index (χ3n) is 2.64. The van der Waals surface area contributed by atoms with Gasteiger partial charge in [-0.15, -0.1) is 0 Å². The summed E-state index contributed by atoms with van der Waals surface area (Å²) in [6.07, 6.45) is 2.37. The molecule has 5 nitrogen and oxygen atoms in total. The van der Waals surface area contributed by atoms with E-state index < -0.39 is 12.0 Å². The minimum Gasteiger partial charge on any atom is -0.480 e. The Morgan fingerprint density at radius 2 is 2.29 bits per heavy atom. The van der Waals surface area contributed by atoms with E-state index in [9.17, 15) is 4.79 Å². The summed E-state index contributed by atoms with van der Waals surface area (Å²) < 4.78 is 1.86. The molecule has 0 spiro atoms. The number of nitrogens with zero attached hydrogens (tertiary/aromatic N) is 2. The molecule has 0 amide bonds. The number of aromatic nitrogens is 2. The maximum Gasteiger partial charge on any atom is 0.320 e. The lowest BCUT2D eigenvalue weighted by Gasteiger charge is -2.16. The lowest BCUT2D eigenvalue weighted by atomic mass is 10.0. The number of hydrogen-bond acceptors (Lipinski definition) is 3. The van der Waals surface area contributed by atoms with Crippen molar-refractivity contribution in [3.8, 4) is 0 Å². The van der Waals surface area contributed by atoms with Crippen molar-refractivity contribution < 1.29 is 9.90 Å². The molecule has 1 unspecified atom stereocenters. The van der Waals surface area contributed by atoms with Crippen molar-refractivity contribution in [1.82, 2.24) is 15.1 Å². The molecule has 17 heavy (non-hydrogen) atoms. The van der Waals surface area contributed by atoms with Crippen LogP contribution in [0.25, 0.3) is 0 Å². The van der Waals surface area contributed by atoms with Crippen LogP contribution in [-0.2, 0) is 17.9 Å². The molecule has 0 aliphatic rings. The summed E-state index contributed by atoms with van der Waals surface area (Å²) in [4.78, 5) is 11.1. The van der Waals surface area contributed by atoms with E-state index in [2.05, 4.69) is 10.4 Å². The van der Waals surface area contributed by atoms with Crippen molar-refractivity contribution >= 4 is 5.97 Å². The van der Waals surface area contributed by atoms with Crippen LogP contribution >= 0.6 is 0 Å². The van der Waals surface area contributed by atoms with Crippen molar-refractivity contribution in [3.05, 3.63) is 18.0 Å². The summed E-state index contributed by atoms with van der Waals surface area (Å²) in [5.41, 5.74) is 1.02. The van der Waals surface area contributed by atoms with Gasteiger partial charge in [-0.1, -0.05) is 13.8 Å². The Morgan fingerprint density at radius 3 is 2.82 bits per heavy atom. The van der Waals surface area contributed by atoms with Gasteiger partial charge in [-0.25, -0.2) is 0 Å². The Balaban J connectivity index is 2.54. The Hall–Kier alpha value is -1.36. The van der Waals surface area contributed by atoms with Gasteiger partial charge in [0.05, 0.1) is 5.69 Å². The van der Waals surface area contributed by atoms with Crippen molar-refractivity contribution in [2.45, 2.75) is 46.3 Å². The zero-order valence-electron chi connectivity index (χ0n) is 10.7. The van der Waals surface area contributed by atoms with Gasteiger partial charge in [0.1, 0.15) is 6.04 Å². The van der Waals surface area contributed by atoms with Gasteiger partial charge in [0.25, 0.3) is 0 Å². The van der Waals surface area contributed by atoms with Gasteiger partial charge in [-0.2, -0.15) is 5.10 Å². The van der Waals surface area contributed by atoms with Crippen LogP contribution in [0.4, 0.5) is 0 Å². The van der Waals surface area contributed by atoms with Gasteiger partial charge in [0.2, 0.25) is 0 Å². The summed E-state index contributed by atoms with van der Waals surface area (Å²) >= 11 is 0. The molecule has 5 heteroatoms. The second kappa shape index (κ2) is 6.39. The van der Waals surface area contributed by atoms with E-state index in [1.807, 2.05) is 31.5 Å². The molecule has 0 bridgehead atoms. The van der Waals surface area contributed by atoms with Gasteiger partial charge in [0.15, 0.2) is 0 Å². The predicted octanol–water partition coefficient (Wildman–Crippen LogP) is 1.49. The monoisotopic (exact) mass is 239 g/mol. The SMILES string of the molecule is CCn1nccc1CNC(CC(C)C)C(=O)O. The number of aliphatic carboxylic acids is 1. The Labute approximate surface area is 102 Å². The van der Waals surface area contributed by atoms with Crippen molar-refractivity contribution in [2.75, 3.05) is 0 Å². The van der Waals surface area contributed by atoms with Gasteiger partial charge in [-0.3, -0.25) is 14.8 Å². The zero-order chi connectivity index (χ0) is 12.8. The van der Waals surface area contributed by atoms with Crippen LogP contribution in [-0.4, -0.2) is 26.9 Å². The summed E-state index contributed by atoms with van der Waals surface area (Å²) in [5.74, 6) is -0.430. The maximum absolute atomic E-state index is 11.1. The molecule has 1 atom stereocenters. The zero-order valence-corrected chi connectivity index (χ0v) is 10.7. The van der Waals surface area contributed by atoms with E-state index in [4.69, 9.17) is 5.11 Å². The summed E-state index contributed by atoms with van der Waals surface area (Å²) in [7, 11) is 0. The van der Waals surface area contributed by atoms with E-state index in [0.717, 1.165) is 12.2 Å². The summed E-state index contributed by atoms with van der Waals surface area (Å²) in [6, 6.07) is 1.42. The summed E-state index contributed by atoms with van der Waals surface area (Å²) in [5, 5.41) is 16.3. The van der Waals surface area contributed by atoms with Crippen LogP contribution in [0.2, 0.25) is 0 Å². The number of carboxylic acids is 1. The Kier molecular flexibility index (Phi) is 5.15. The second-order valence-corrected chi connectivity index (χ2v) is 4.54. The average Bonchev–Trinajstić information content (AvgIpc) is 2.70. The predicted molar refractivity (Wildman–Crippen MR) is 65.6 cm³/mol. The number of carbonyl (C=O) groups is 1. The molecule has 2 N–H and O–H groups in total. The molecule has 1 aromatic heterocycles. The number of carboxylic acid groups (broad SMARTS) is 1. The maximum atomic E-state index is 11.1. The third kappa shape index (κ3) is 4.19. The first kappa shape index (κ1) is 13.7. The first-order valence-electron chi connectivity index (χ1n) is 6.01. The van der Waals surface area contributed by atoms with Gasteiger partial charge >= 0.3 is 5.97 Å². The molecule has 0 fully saturated rings. The number of rotatable bonds is 7. The van der Waals surface area contributed by atoms with E-state index in [1.54, 1.807) is 6.20 Å². The largest absolute Gasteiger partial charge is 0.480 e. The Bertz CT molecular complexity index is 360. The lowest BCUT2D eigenvalue weighted by Crippen LogP contribution is -2.37. The number of aryl methyl sites for hydroxylation is 1. The first-order valence-corrected chi connectivity index (χ1v) is 6.01. The molecular weight excluding hydrogens is 218 g/mol. The topological polar surface area (TPSA) is 67.2 Å². The molecule has 96 valence electrons. The van der Waals surface area contributed by atoms with E-state index >= 15 is 0 Å². The van der Waals surface area contributed by atoms with Gasteiger partial charge in [-0.05, 0) is 25.3 Å². The molecule has 0 aliphatic carbocycles. The lowest BCUT2D eigenvalue weighted by molar-refractivity contribution is -0.140. The fourth-order valence-electron chi connectivity index (χ4n) is 1.77. The van der Waals surface area contributed by atoms with Crippen LogP contribution in [0.15, 0.2) is 12.3 Å². The average molecular weight is 239 g/mol.